The van der Waals surface area contributed by atoms with Crippen LogP contribution in [-0.4, -0.2) is 72.5 Å². The number of amides is 3. The van der Waals surface area contributed by atoms with Gasteiger partial charge in [0, 0.05) is 31.5 Å². The number of ether oxygens (including phenoxy) is 1. The van der Waals surface area contributed by atoms with E-state index in [1.165, 1.54) is 19.0 Å². The molecule has 0 saturated carbocycles. The molecule has 0 aromatic heterocycles. The molecule has 1 aliphatic rings. The van der Waals surface area contributed by atoms with Crippen LogP contribution >= 0.6 is 15.9 Å². The summed E-state index contributed by atoms with van der Waals surface area (Å²) >= 11 is 3.32. The number of likely N-dealkylation sites (N-methyl/N-ethyl adjacent to an activating group) is 1. The fourth-order valence-corrected chi connectivity index (χ4v) is 3.53. The van der Waals surface area contributed by atoms with Crippen molar-refractivity contribution in [2.24, 2.45) is 0 Å². The molecule has 2 rings (SSSR count). The van der Waals surface area contributed by atoms with Crippen LogP contribution in [0.3, 0.4) is 0 Å². The molecular weight excluding hydrogens is 476 g/mol. The molecule has 0 unspecified atom stereocenters. The molecule has 172 valence electrons. The van der Waals surface area contributed by atoms with Gasteiger partial charge in [-0.15, -0.1) is 0 Å². The van der Waals surface area contributed by atoms with Crippen LogP contribution in [0, 0.1) is 0 Å². The number of hydrogen-bond acceptors (Lipinski definition) is 4. The number of hydrogen-bond donors (Lipinski definition) is 1. The highest BCUT2D eigenvalue weighted by atomic mass is 79.9. The van der Waals surface area contributed by atoms with E-state index in [1.807, 2.05) is 0 Å². The van der Waals surface area contributed by atoms with E-state index in [1.54, 1.807) is 45.0 Å². The number of benzene rings is 1. The highest BCUT2D eigenvalue weighted by Crippen LogP contribution is 2.30. The van der Waals surface area contributed by atoms with Crippen LogP contribution < -0.4 is 5.32 Å². The van der Waals surface area contributed by atoms with Crippen LogP contribution in [0.2, 0.25) is 0 Å². The number of alkyl carbamates (subject to hydrolysis) is 1. The Hall–Kier alpha value is -2.23. The van der Waals surface area contributed by atoms with E-state index in [0.29, 0.717) is 5.56 Å². The summed E-state index contributed by atoms with van der Waals surface area (Å²) in [6.07, 6.45) is -1.38. The van der Waals surface area contributed by atoms with Crippen molar-refractivity contribution in [2.45, 2.75) is 50.7 Å². The summed E-state index contributed by atoms with van der Waals surface area (Å²) in [5.74, 6) is -5.35. The lowest BCUT2D eigenvalue weighted by molar-refractivity contribution is -0.139. The van der Waals surface area contributed by atoms with Crippen molar-refractivity contribution < 1.29 is 27.9 Å². The number of carbonyl (C=O) groups is 3. The summed E-state index contributed by atoms with van der Waals surface area (Å²) in [5.41, 5.74) is -0.390. The van der Waals surface area contributed by atoms with Gasteiger partial charge >= 0.3 is 6.09 Å². The van der Waals surface area contributed by atoms with Gasteiger partial charge in [-0.3, -0.25) is 9.59 Å². The van der Waals surface area contributed by atoms with E-state index >= 15 is 0 Å². The molecule has 0 aliphatic carbocycles. The Morgan fingerprint density at radius 2 is 1.77 bits per heavy atom. The molecule has 10 heteroatoms. The molecule has 1 aromatic carbocycles. The van der Waals surface area contributed by atoms with Gasteiger partial charge < -0.3 is 19.9 Å². The third kappa shape index (κ3) is 6.88. The molecule has 1 aromatic rings. The van der Waals surface area contributed by atoms with Crippen LogP contribution in [0.15, 0.2) is 28.7 Å². The van der Waals surface area contributed by atoms with E-state index in [9.17, 15) is 23.2 Å². The minimum Gasteiger partial charge on any atom is -0.444 e. The lowest BCUT2D eigenvalue weighted by Crippen LogP contribution is -2.55. The molecular formula is C21H28BrF2N3O4. The zero-order chi connectivity index (χ0) is 23.6. The van der Waals surface area contributed by atoms with Crippen LogP contribution in [0.25, 0.3) is 0 Å². The molecule has 7 nitrogen and oxygen atoms in total. The first kappa shape index (κ1) is 25.0. The maximum Gasteiger partial charge on any atom is 0.408 e. The summed E-state index contributed by atoms with van der Waals surface area (Å²) in [4.78, 5) is 41.2. The molecule has 0 spiro atoms. The topological polar surface area (TPSA) is 79.0 Å². The third-order valence-corrected chi connectivity index (χ3v) is 5.22. The first-order valence-electron chi connectivity index (χ1n) is 9.83. The Balaban J connectivity index is 2.47. The highest BCUT2D eigenvalue weighted by molar-refractivity contribution is 9.10. The van der Waals surface area contributed by atoms with Gasteiger partial charge in [0.2, 0.25) is 11.8 Å². The van der Waals surface area contributed by atoms with Gasteiger partial charge in [-0.25, -0.2) is 13.6 Å². The molecule has 1 fully saturated rings. The normalized spacial score (nSPS) is 17.6. The van der Waals surface area contributed by atoms with Crippen molar-refractivity contribution in [1.29, 1.82) is 0 Å². The molecule has 1 heterocycles. The quantitative estimate of drug-likeness (QED) is 0.667. The number of nitrogens with zero attached hydrogens (tertiary/aromatic N) is 2. The van der Waals surface area contributed by atoms with E-state index in [0.717, 1.165) is 9.37 Å². The fraction of sp³-hybridized carbons (Fsp3) is 0.571. The maximum absolute atomic E-state index is 13.8. The largest absolute Gasteiger partial charge is 0.444 e. The van der Waals surface area contributed by atoms with Crippen molar-refractivity contribution in [2.75, 3.05) is 27.2 Å². The average Bonchev–Trinajstić information content (AvgIpc) is 3.00. The Morgan fingerprint density at radius 1 is 1.19 bits per heavy atom. The zero-order valence-corrected chi connectivity index (χ0v) is 19.8. The summed E-state index contributed by atoms with van der Waals surface area (Å²) < 4.78 is 33.6. The Labute approximate surface area is 189 Å². The minimum atomic E-state index is -3.01. The van der Waals surface area contributed by atoms with Crippen molar-refractivity contribution in [1.82, 2.24) is 15.1 Å². The van der Waals surface area contributed by atoms with Crippen LogP contribution in [0.5, 0.6) is 0 Å². The summed E-state index contributed by atoms with van der Waals surface area (Å²) in [6.45, 7) is 4.04. The highest BCUT2D eigenvalue weighted by Gasteiger charge is 2.46. The van der Waals surface area contributed by atoms with Crippen molar-refractivity contribution in [3.63, 3.8) is 0 Å². The van der Waals surface area contributed by atoms with Crippen molar-refractivity contribution in [3.05, 3.63) is 34.3 Å². The first-order valence-corrected chi connectivity index (χ1v) is 10.6. The summed E-state index contributed by atoms with van der Waals surface area (Å²) in [5, 5.41) is 2.47. The van der Waals surface area contributed by atoms with Gasteiger partial charge in [-0.1, -0.05) is 28.1 Å². The fourth-order valence-electron chi connectivity index (χ4n) is 3.27. The van der Waals surface area contributed by atoms with Crippen LogP contribution in [0.4, 0.5) is 13.6 Å². The second kappa shape index (κ2) is 9.50. The molecule has 1 saturated heterocycles. The second-order valence-electron chi connectivity index (χ2n) is 8.75. The van der Waals surface area contributed by atoms with Crippen LogP contribution in [0.1, 0.15) is 38.7 Å². The van der Waals surface area contributed by atoms with Gasteiger partial charge in [0.1, 0.15) is 11.6 Å². The Bertz CT molecular complexity index is 825. The van der Waals surface area contributed by atoms with Gasteiger partial charge in [-0.05, 0) is 38.5 Å². The van der Waals surface area contributed by atoms with Gasteiger partial charge in [0.05, 0.1) is 12.5 Å². The van der Waals surface area contributed by atoms with Crippen LogP contribution in [-0.2, 0) is 14.3 Å². The predicted molar refractivity (Wildman–Crippen MR) is 115 cm³/mol. The van der Waals surface area contributed by atoms with E-state index in [2.05, 4.69) is 21.2 Å². The molecule has 31 heavy (non-hydrogen) atoms. The molecule has 0 radical (unpaired) electrons. The molecule has 3 amide bonds. The van der Waals surface area contributed by atoms with Gasteiger partial charge in [0.15, 0.2) is 0 Å². The Kier molecular flexibility index (Phi) is 7.67. The monoisotopic (exact) mass is 503 g/mol. The number of nitrogens with one attached hydrogen (secondary N) is 1. The molecule has 0 bridgehead atoms. The van der Waals surface area contributed by atoms with Gasteiger partial charge in [0.25, 0.3) is 5.92 Å². The van der Waals surface area contributed by atoms with E-state index in [-0.39, 0.29) is 6.54 Å². The van der Waals surface area contributed by atoms with E-state index in [4.69, 9.17) is 4.74 Å². The predicted octanol–water partition coefficient (Wildman–Crippen LogP) is 3.38. The zero-order valence-electron chi connectivity index (χ0n) is 18.2. The first-order chi connectivity index (χ1) is 14.2. The number of carbonyl (C=O) groups excluding carboxylic acids is 3. The number of halogens is 3. The minimum absolute atomic E-state index is 0.165. The Morgan fingerprint density at radius 3 is 2.23 bits per heavy atom. The van der Waals surface area contributed by atoms with Crippen molar-refractivity contribution >= 4 is 33.8 Å². The molecule has 1 N–H and O–H groups in total. The lowest BCUT2D eigenvalue weighted by atomic mass is 9.89. The summed E-state index contributed by atoms with van der Waals surface area (Å²) in [7, 11) is 3.04. The number of alkyl halides is 2. The van der Waals surface area contributed by atoms with E-state index < -0.39 is 54.4 Å². The van der Waals surface area contributed by atoms with Gasteiger partial charge in [-0.2, -0.15) is 0 Å². The second-order valence-corrected chi connectivity index (χ2v) is 9.67. The maximum atomic E-state index is 13.8. The number of likely N-dealkylation sites (tertiary alicyclic amines) is 1. The standard InChI is InChI=1S/C21H28BrF2N3O4/c1-20(2,3)31-19(30)25-16(18(29)27-11-10-21(23,24)12-27)15(17(28)26(4)5)13-6-8-14(22)9-7-13/h6-9,15-16H,10-12H2,1-5H3,(H,25,30)/t15-,16-/m0/s1. The SMILES string of the molecule is CN(C)C(=O)[C@@H](c1ccc(Br)cc1)[C@H](NC(=O)OC(C)(C)C)C(=O)N1CCC(F)(F)C1. The molecule has 1 aliphatic heterocycles. The smallest absolute Gasteiger partial charge is 0.408 e. The van der Waals surface area contributed by atoms with Crippen molar-refractivity contribution in [3.8, 4) is 0 Å². The lowest BCUT2D eigenvalue weighted by Gasteiger charge is -2.32. The number of rotatable bonds is 5. The average molecular weight is 504 g/mol. The third-order valence-electron chi connectivity index (χ3n) is 4.69. The molecule has 2 atom stereocenters. The summed E-state index contributed by atoms with van der Waals surface area (Å²) in [6, 6.07) is 5.27.